The molecule has 1 aromatic heterocycles. The molecule has 0 aliphatic heterocycles. The van der Waals surface area contributed by atoms with Crippen LogP contribution in [-0.4, -0.2) is 37.8 Å². The molecule has 96 valence electrons. The van der Waals surface area contributed by atoms with Crippen LogP contribution in [0.5, 0.6) is 0 Å². The second-order valence-corrected chi connectivity index (χ2v) is 6.44. The predicted octanol–water partition coefficient (Wildman–Crippen LogP) is 1.31. The van der Waals surface area contributed by atoms with Gasteiger partial charge in [0.1, 0.15) is 0 Å². The van der Waals surface area contributed by atoms with Crippen molar-refractivity contribution < 1.29 is 0 Å². The first-order valence-electron chi connectivity index (χ1n) is 6.16. The highest BCUT2D eigenvalue weighted by molar-refractivity contribution is 8.00. The molecule has 0 bridgehead atoms. The summed E-state index contributed by atoms with van der Waals surface area (Å²) in [4.78, 5) is 0. The van der Waals surface area contributed by atoms with Crippen LogP contribution < -0.4 is 5.32 Å². The van der Waals surface area contributed by atoms with E-state index in [2.05, 4.69) is 40.9 Å². The van der Waals surface area contributed by atoms with Gasteiger partial charge in [-0.25, -0.2) is 4.68 Å². The van der Waals surface area contributed by atoms with Crippen LogP contribution in [0.3, 0.4) is 0 Å². The normalized spacial score (nSPS) is 17.6. The van der Waals surface area contributed by atoms with Crippen molar-refractivity contribution >= 4 is 11.8 Å². The molecule has 1 aliphatic carbocycles. The summed E-state index contributed by atoms with van der Waals surface area (Å²) >= 11 is 1.94. The molecule has 0 spiro atoms. The molecule has 2 rings (SSSR count). The Morgan fingerprint density at radius 1 is 1.47 bits per heavy atom. The van der Waals surface area contributed by atoms with E-state index in [-0.39, 0.29) is 0 Å². The molecule has 1 aromatic rings. The number of hydrogen-bond acceptors (Lipinski definition) is 5. The lowest BCUT2D eigenvalue weighted by molar-refractivity contribution is 0.501. The van der Waals surface area contributed by atoms with Crippen LogP contribution in [0.15, 0.2) is 0 Å². The predicted molar refractivity (Wildman–Crippen MR) is 69.8 cm³/mol. The van der Waals surface area contributed by atoms with Crippen LogP contribution >= 0.6 is 11.8 Å². The maximum atomic E-state index is 4.09. The van der Waals surface area contributed by atoms with E-state index in [1.54, 1.807) is 0 Å². The molecule has 0 unspecified atom stereocenters. The Morgan fingerprint density at radius 2 is 2.24 bits per heavy atom. The third-order valence-electron chi connectivity index (χ3n) is 3.12. The van der Waals surface area contributed by atoms with Gasteiger partial charge >= 0.3 is 0 Å². The van der Waals surface area contributed by atoms with Crippen molar-refractivity contribution in [3.05, 3.63) is 5.82 Å². The average molecular weight is 255 g/mol. The fourth-order valence-electron chi connectivity index (χ4n) is 1.78. The summed E-state index contributed by atoms with van der Waals surface area (Å²) in [7, 11) is 0. The molecule has 1 aliphatic rings. The summed E-state index contributed by atoms with van der Waals surface area (Å²) in [6.45, 7) is 7.10. The number of rotatable bonds is 7. The number of nitrogens with zero attached hydrogens (tertiary/aromatic N) is 4. The minimum atomic E-state index is 0.405. The minimum Gasteiger partial charge on any atom is -0.310 e. The summed E-state index contributed by atoms with van der Waals surface area (Å²) in [6.07, 6.45) is 4.74. The van der Waals surface area contributed by atoms with E-state index >= 15 is 0 Å². The molecule has 0 aromatic carbocycles. The largest absolute Gasteiger partial charge is 0.310 e. The zero-order valence-electron chi connectivity index (χ0n) is 10.8. The maximum Gasteiger partial charge on any atom is 0.165 e. The van der Waals surface area contributed by atoms with Gasteiger partial charge in [0.2, 0.25) is 0 Å². The lowest BCUT2D eigenvalue weighted by Gasteiger charge is -2.13. The molecule has 1 fully saturated rings. The van der Waals surface area contributed by atoms with Crippen molar-refractivity contribution in [1.29, 1.82) is 0 Å². The molecule has 6 heteroatoms. The Bertz CT molecular complexity index is 358. The Kier molecular flexibility index (Phi) is 4.04. The molecule has 1 N–H and O–H groups in total. The van der Waals surface area contributed by atoms with Gasteiger partial charge in [-0.1, -0.05) is 13.8 Å². The maximum absolute atomic E-state index is 4.09. The van der Waals surface area contributed by atoms with Crippen LogP contribution in [0.1, 0.15) is 32.5 Å². The van der Waals surface area contributed by atoms with Gasteiger partial charge in [0.05, 0.1) is 13.1 Å². The minimum absolute atomic E-state index is 0.405. The molecule has 17 heavy (non-hydrogen) atoms. The zero-order chi connectivity index (χ0) is 12.3. The monoisotopic (exact) mass is 255 g/mol. The van der Waals surface area contributed by atoms with Crippen LogP contribution in [0, 0.1) is 5.92 Å². The Balaban J connectivity index is 1.88. The number of tetrazole rings is 1. The smallest absolute Gasteiger partial charge is 0.165 e. The van der Waals surface area contributed by atoms with Crippen molar-refractivity contribution in [1.82, 2.24) is 25.5 Å². The molecule has 0 radical (unpaired) electrons. The van der Waals surface area contributed by atoms with E-state index in [0.717, 1.165) is 25.5 Å². The lowest BCUT2D eigenvalue weighted by atomic mass is 10.2. The van der Waals surface area contributed by atoms with Crippen LogP contribution in [0.25, 0.3) is 0 Å². The van der Waals surface area contributed by atoms with Gasteiger partial charge in [-0.2, -0.15) is 11.8 Å². The van der Waals surface area contributed by atoms with Crippen molar-refractivity contribution in [3.8, 4) is 0 Å². The Hall–Kier alpha value is -0.620. The fraction of sp³-hybridized carbons (Fsp3) is 0.909. The molecule has 0 saturated heterocycles. The molecular weight excluding hydrogens is 234 g/mol. The fourth-order valence-corrected chi connectivity index (χ4v) is 2.55. The Labute approximate surface area is 107 Å². The topological polar surface area (TPSA) is 55.6 Å². The van der Waals surface area contributed by atoms with E-state index in [1.165, 1.54) is 12.8 Å². The molecule has 1 heterocycles. The highest BCUT2D eigenvalue weighted by Crippen LogP contribution is 2.48. The summed E-state index contributed by atoms with van der Waals surface area (Å²) < 4.78 is 2.36. The van der Waals surface area contributed by atoms with Gasteiger partial charge in [-0.3, -0.25) is 0 Å². The third-order valence-corrected chi connectivity index (χ3v) is 4.52. The Morgan fingerprint density at radius 3 is 2.82 bits per heavy atom. The van der Waals surface area contributed by atoms with Crippen molar-refractivity contribution in [2.75, 3.05) is 12.8 Å². The number of aromatic nitrogens is 4. The quantitative estimate of drug-likeness (QED) is 0.796. The highest BCUT2D eigenvalue weighted by atomic mass is 32.2. The van der Waals surface area contributed by atoms with E-state index in [0.29, 0.717) is 10.7 Å². The molecule has 0 atom stereocenters. The van der Waals surface area contributed by atoms with E-state index in [9.17, 15) is 0 Å². The summed E-state index contributed by atoms with van der Waals surface area (Å²) in [5, 5.41) is 15.3. The molecule has 0 amide bonds. The summed E-state index contributed by atoms with van der Waals surface area (Å²) in [5.41, 5.74) is 0. The van der Waals surface area contributed by atoms with Crippen LogP contribution in [0.2, 0.25) is 0 Å². The van der Waals surface area contributed by atoms with Gasteiger partial charge in [-0.05, 0) is 42.0 Å². The van der Waals surface area contributed by atoms with Gasteiger partial charge in [-0.15, -0.1) is 5.10 Å². The first-order chi connectivity index (χ1) is 8.15. The van der Waals surface area contributed by atoms with Crippen LogP contribution in [-0.2, 0) is 13.1 Å². The highest BCUT2D eigenvalue weighted by Gasteiger charge is 2.43. The van der Waals surface area contributed by atoms with Gasteiger partial charge in [0.15, 0.2) is 5.82 Å². The molecular formula is C11H21N5S. The van der Waals surface area contributed by atoms with Crippen molar-refractivity contribution in [2.45, 2.75) is 44.5 Å². The van der Waals surface area contributed by atoms with E-state index in [1.807, 2.05) is 16.4 Å². The SMILES string of the molecule is CSC1(Cn2nnnc2CNCC(C)C)CC1. The standard InChI is InChI=1S/C11H21N5S/c1-9(2)6-12-7-10-13-14-15-16(10)8-11(17-3)4-5-11/h9,12H,4-8H2,1-3H3. The third kappa shape index (κ3) is 3.42. The molecule has 1 saturated carbocycles. The van der Waals surface area contributed by atoms with Crippen LogP contribution in [0.4, 0.5) is 0 Å². The van der Waals surface area contributed by atoms with Gasteiger partial charge < -0.3 is 5.32 Å². The van der Waals surface area contributed by atoms with Crippen molar-refractivity contribution in [3.63, 3.8) is 0 Å². The zero-order valence-corrected chi connectivity index (χ0v) is 11.6. The second-order valence-electron chi connectivity index (χ2n) is 5.16. The average Bonchev–Trinajstić information content (AvgIpc) is 2.93. The second kappa shape index (κ2) is 5.35. The molecule has 5 nitrogen and oxygen atoms in total. The first kappa shape index (κ1) is 12.8. The number of thioether (sulfide) groups is 1. The number of nitrogens with one attached hydrogen (secondary N) is 1. The summed E-state index contributed by atoms with van der Waals surface area (Å²) in [5.74, 6) is 1.60. The van der Waals surface area contributed by atoms with Crippen molar-refractivity contribution in [2.24, 2.45) is 5.92 Å². The number of hydrogen-bond donors (Lipinski definition) is 1. The van der Waals surface area contributed by atoms with E-state index < -0.39 is 0 Å². The summed E-state index contributed by atoms with van der Waals surface area (Å²) in [6, 6.07) is 0. The lowest BCUT2D eigenvalue weighted by Crippen LogP contribution is -2.24. The first-order valence-corrected chi connectivity index (χ1v) is 7.38. The van der Waals surface area contributed by atoms with E-state index in [4.69, 9.17) is 0 Å². The van der Waals surface area contributed by atoms with Gasteiger partial charge in [0.25, 0.3) is 0 Å². The van der Waals surface area contributed by atoms with Gasteiger partial charge in [0, 0.05) is 4.75 Å².